The van der Waals surface area contributed by atoms with E-state index in [-0.39, 0.29) is 17.9 Å². The normalized spacial score (nSPS) is 21.2. The van der Waals surface area contributed by atoms with Crippen molar-refractivity contribution in [1.82, 2.24) is 14.3 Å². The highest BCUT2D eigenvalue weighted by molar-refractivity contribution is 5.77. The first-order valence-electron chi connectivity index (χ1n) is 8.37. The lowest BCUT2D eigenvalue weighted by Crippen LogP contribution is -2.48. The predicted octanol–water partition coefficient (Wildman–Crippen LogP) is 1.93. The number of ether oxygens (including phenoxy) is 1. The summed E-state index contributed by atoms with van der Waals surface area (Å²) in [6.45, 7) is 3.82. The number of fused-ring (bicyclic) bond motifs is 1. The molecule has 1 aliphatic rings. The van der Waals surface area contributed by atoms with Crippen molar-refractivity contribution >= 4 is 17.2 Å². The van der Waals surface area contributed by atoms with Crippen molar-refractivity contribution in [2.45, 2.75) is 25.2 Å². The molecule has 1 aliphatic heterocycles. The first kappa shape index (κ1) is 16.8. The number of hydrogen-bond donors (Lipinski definition) is 0. The zero-order valence-electron chi connectivity index (χ0n) is 15.0. The largest absolute Gasteiger partial charge is 0.375 e. The maximum absolute atomic E-state index is 12.2. The van der Waals surface area contributed by atoms with Gasteiger partial charge in [0.15, 0.2) is 5.82 Å². The van der Waals surface area contributed by atoms with Crippen LogP contribution in [0.1, 0.15) is 25.5 Å². The molecule has 0 saturated carbocycles. The summed E-state index contributed by atoms with van der Waals surface area (Å²) in [5.74, 6) is 1.01. The van der Waals surface area contributed by atoms with Crippen molar-refractivity contribution in [3.63, 3.8) is 0 Å². The van der Waals surface area contributed by atoms with Gasteiger partial charge in [-0.3, -0.25) is 4.79 Å². The topological polar surface area (TPSA) is 50.1 Å². The van der Waals surface area contributed by atoms with Gasteiger partial charge in [0.2, 0.25) is 5.91 Å². The second kappa shape index (κ2) is 6.43. The van der Waals surface area contributed by atoms with Crippen molar-refractivity contribution in [2.75, 3.05) is 45.8 Å². The Kier molecular flexibility index (Phi) is 4.49. The Morgan fingerprint density at radius 2 is 2.25 bits per heavy atom. The van der Waals surface area contributed by atoms with Crippen molar-refractivity contribution in [2.24, 2.45) is 0 Å². The molecule has 2 aromatic rings. The van der Waals surface area contributed by atoms with E-state index in [0.29, 0.717) is 6.54 Å². The molecule has 1 amide bonds. The second-order valence-electron chi connectivity index (χ2n) is 7.06. The van der Waals surface area contributed by atoms with E-state index in [2.05, 4.69) is 23.6 Å². The molecule has 2 aromatic heterocycles. The van der Waals surface area contributed by atoms with Crippen LogP contribution >= 0.6 is 0 Å². The number of hydrogen-bond acceptors (Lipinski definition) is 4. The van der Waals surface area contributed by atoms with Gasteiger partial charge in [0, 0.05) is 52.1 Å². The second-order valence-corrected chi connectivity index (χ2v) is 7.06. The van der Waals surface area contributed by atoms with Crippen LogP contribution in [0.3, 0.4) is 0 Å². The van der Waals surface area contributed by atoms with Crippen molar-refractivity contribution in [3.05, 3.63) is 30.2 Å². The Bertz CT molecular complexity index is 740. The molecule has 0 aliphatic carbocycles. The fourth-order valence-corrected chi connectivity index (χ4v) is 3.52. The van der Waals surface area contributed by atoms with Crippen LogP contribution in [0.5, 0.6) is 0 Å². The highest BCUT2D eigenvalue weighted by Gasteiger charge is 2.36. The number of amides is 1. The van der Waals surface area contributed by atoms with Gasteiger partial charge in [-0.15, -0.1) is 0 Å². The fraction of sp³-hybridized carbons (Fsp3) is 0.556. The molecular weight excluding hydrogens is 304 g/mol. The van der Waals surface area contributed by atoms with Gasteiger partial charge in [-0.1, -0.05) is 6.92 Å². The van der Waals surface area contributed by atoms with Gasteiger partial charge in [0.05, 0.1) is 11.2 Å². The van der Waals surface area contributed by atoms with E-state index in [4.69, 9.17) is 9.72 Å². The Morgan fingerprint density at radius 3 is 2.96 bits per heavy atom. The molecule has 24 heavy (non-hydrogen) atoms. The van der Waals surface area contributed by atoms with E-state index in [9.17, 15) is 4.79 Å². The number of likely N-dealkylation sites (tertiary alicyclic amines) is 1. The summed E-state index contributed by atoms with van der Waals surface area (Å²) in [5, 5.41) is 0. The van der Waals surface area contributed by atoms with Gasteiger partial charge in [-0.05, 0) is 25.0 Å². The summed E-state index contributed by atoms with van der Waals surface area (Å²) in [6, 6.07) is 4.11. The molecule has 6 nitrogen and oxygen atoms in total. The zero-order chi connectivity index (χ0) is 17.3. The average molecular weight is 330 g/mol. The molecule has 0 aromatic carbocycles. The maximum Gasteiger partial charge on any atom is 0.248 e. The standard InChI is InChI=1S/C18H26N4O2/c1-18(8-6-10-22(13-18)16(23)12-24-4)15-11-21-9-5-7-14(21)17(19-15)20(2)3/h5,7,9,11H,6,8,10,12-13H2,1-4H3. The molecule has 1 unspecified atom stereocenters. The SMILES string of the molecule is COCC(=O)N1CCCC(C)(c2cn3cccc3c(N(C)C)n2)C1. The molecule has 1 fully saturated rings. The van der Waals surface area contributed by atoms with Crippen LogP contribution in [-0.4, -0.2) is 61.1 Å². The molecular formula is C18H26N4O2. The first-order valence-corrected chi connectivity index (χ1v) is 8.37. The van der Waals surface area contributed by atoms with Gasteiger partial charge in [-0.2, -0.15) is 0 Å². The molecule has 130 valence electrons. The van der Waals surface area contributed by atoms with Gasteiger partial charge < -0.3 is 18.9 Å². The summed E-state index contributed by atoms with van der Waals surface area (Å²) in [4.78, 5) is 21.1. The third-order valence-corrected chi connectivity index (χ3v) is 4.85. The number of methoxy groups -OCH3 is 1. The Morgan fingerprint density at radius 1 is 1.46 bits per heavy atom. The maximum atomic E-state index is 12.2. The minimum absolute atomic E-state index is 0.0540. The van der Waals surface area contributed by atoms with Gasteiger partial charge in [-0.25, -0.2) is 4.98 Å². The number of nitrogens with zero attached hydrogens (tertiary/aromatic N) is 4. The molecule has 3 rings (SSSR count). The third kappa shape index (κ3) is 2.98. The molecule has 1 atom stereocenters. The van der Waals surface area contributed by atoms with E-state index in [1.165, 1.54) is 0 Å². The monoisotopic (exact) mass is 330 g/mol. The van der Waals surface area contributed by atoms with Crippen molar-refractivity contribution < 1.29 is 9.53 Å². The lowest BCUT2D eigenvalue weighted by atomic mass is 9.79. The number of aromatic nitrogens is 2. The number of rotatable bonds is 4. The van der Waals surface area contributed by atoms with E-state index in [1.807, 2.05) is 36.2 Å². The van der Waals surface area contributed by atoms with Crippen LogP contribution in [0, 0.1) is 0 Å². The van der Waals surface area contributed by atoms with Crippen molar-refractivity contribution in [3.8, 4) is 0 Å². The lowest BCUT2D eigenvalue weighted by molar-refractivity contribution is -0.137. The third-order valence-electron chi connectivity index (χ3n) is 4.85. The van der Waals surface area contributed by atoms with Crippen LogP contribution in [0.25, 0.3) is 5.52 Å². The summed E-state index contributed by atoms with van der Waals surface area (Å²) in [7, 11) is 5.58. The lowest BCUT2D eigenvalue weighted by Gasteiger charge is -2.40. The average Bonchev–Trinajstić information content (AvgIpc) is 3.02. The van der Waals surface area contributed by atoms with Gasteiger partial charge >= 0.3 is 0 Å². The Labute approximate surface area is 143 Å². The minimum atomic E-state index is -0.148. The molecule has 6 heteroatoms. The van der Waals surface area contributed by atoms with Crippen LogP contribution in [0.2, 0.25) is 0 Å². The predicted molar refractivity (Wildman–Crippen MR) is 94.6 cm³/mol. The Balaban J connectivity index is 1.97. The summed E-state index contributed by atoms with van der Waals surface area (Å²) in [6.07, 6.45) is 6.16. The Hall–Kier alpha value is -2.08. The highest BCUT2D eigenvalue weighted by atomic mass is 16.5. The van der Waals surface area contributed by atoms with Gasteiger partial charge in [0.1, 0.15) is 6.61 Å². The van der Waals surface area contributed by atoms with Crippen LogP contribution in [-0.2, 0) is 14.9 Å². The van der Waals surface area contributed by atoms with E-state index < -0.39 is 0 Å². The van der Waals surface area contributed by atoms with E-state index in [0.717, 1.165) is 36.4 Å². The fourth-order valence-electron chi connectivity index (χ4n) is 3.52. The number of carbonyl (C=O) groups is 1. The van der Waals surface area contributed by atoms with Crippen molar-refractivity contribution in [1.29, 1.82) is 0 Å². The molecule has 3 heterocycles. The molecule has 0 bridgehead atoms. The number of carbonyl (C=O) groups excluding carboxylic acids is 1. The number of anilines is 1. The molecule has 1 saturated heterocycles. The minimum Gasteiger partial charge on any atom is -0.375 e. The molecule has 0 N–H and O–H groups in total. The molecule has 0 radical (unpaired) electrons. The quantitative estimate of drug-likeness (QED) is 0.859. The summed E-state index contributed by atoms with van der Waals surface area (Å²) in [5.41, 5.74) is 1.98. The smallest absolute Gasteiger partial charge is 0.248 e. The highest BCUT2D eigenvalue weighted by Crippen LogP contribution is 2.34. The van der Waals surface area contributed by atoms with E-state index >= 15 is 0 Å². The zero-order valence-corrected chi connectivity index (χ0v) is 15.0. The first-order chi connectivity index (χ1) is 11.4. The molecule has 0 spiro atoms. The van der Waals surface area contributed by atoms with Gasteiger partial charge in [0.25, 0.3) is 0 Å². The van der Waals surface area contributed by atoms with E-state index in [1.54, 1.807) is 7.11 Å². The number of piperidine rings is 1. The summed E-state index contributed by atoms with van der Waals surface area (Å²) < 4.78 is 7.13. The van der Waals surface area contributed by atoms with Crippen LogP contribution in [0.15, 0.2) is 24.5 Å². The summed E-state index contributed by atoms with van der Waals surface area (Å²) >= 11 is 0. The van der Waals surface area contributed by atoms with Crippen LogP contribution in [0.4, 0.5) is 5.82 Å². The van der Waals surface area contributed by atoms with Crippen LogP contribution < -0.4 is 4.90 Å².